The van der Waals surface area contributed by atoms with Gasteiger partial charge in [-0.2, -0.15) is 0 Å². The maximum Gasteiger partial charge on any atom is 0.244 e. The van der Waals surface area contributed by atoms with Crippen molar-refractivity contribution in [3.63, 3.8) is 0 Å². The maximum atomic E-state index is 12.3. The van der Waals surface area contributed by atoms with Gasteiger partial charge in [-0.05, 0) is 44.0 Å². The predicted octanol–water partition coefficient (Wildman–Crippen LogP) is 2.65. The Morgan fingerprint density at radius 3 is 2.64 bits per heavy atom. The number of anilines is 1. The van der Waals surface area contributed by atoms with Gasteiger partial charge < -0.3 is 5.32 Å². The monoisotopic (exact) mass is 387 g/mol. The van der Waals surface area contributed by atoms with Gasteiger partial charge in [0.15, 0.2) is 0 Å². The molecular weight excluding hydrogens is 362 g/mol. The Morgan fingerprint density at radius 1 is 1.40 bits per heavy atom. The van der Waals surface area contributed by atoms with Crippen molar-refractivity contribution in [2.24, 2.45) is 5.92 Å². The van der Waals surface area contributed by atoms with E-state index in [0.717, 1.165) is 23.7 Å². The lowest BCUT2D eigenvalue weighted by Gasteiger charge is -2.23. The summed E-state index contributed by atoms with van der Waals surface area (Å²) in [7, 11) is -0.787. The fraction of sp³-hybridized carbons (Fsp3) is 0.588. The molecular formula is C17H26ClN3O3S. The normalized spacial score (nSPS) is 21.7. The van der Waals surface area contributed by atoms with Gasteiger partial charge in [-0.3, -0.25) is 9.69 Å². The third kappa shape index (κ3) is 4.53. The fourth-order valence-corrected chi connectivity index (χ4v) is 4.60. The first-order valence-corrected chi connectivity index (χ1v) is 10.2. The highest BCUT2D eigenvalue weighted by molar-refractivity contribution is 7.89. The molecule has 1 N–H and O–H groups in total. The number of hydrogen-bond acceptors (Lipinski definition) is 4. The Kier molecular flexibility index (Phi) is 6.48. The number of benzene rings is 1. The van der Waals surface area contributed by atoms with Crippen LogP contribution in [0.2, 0.25) is 5.02 Å². The van der Waals surface area contributed by atoms with Crippen molar-refractivity contribution in [2.75, 3.05) is 32.5 Å². The number of halogens is 1. The molecule has 140 valence electrons. The zero-order valence-electron chi connectivity index (χ0n) is 15.1. The molecule has 0 unspecified atom stereocenters. The SMILES string of the molecule is CC[C@@H]1CCN(CC(=O)Nc2ccc(Cl)c(S(=O)(=O)N(C)C)c2)[C@H]1C. The number of nitrogens with zero attached hydrogens (tertiary/aromatic N) is 2. The molecule has 0 spiro atoms. The lowest BCUT2D eigenvalue weighted by atomic mass is 9.99. The molecule has 0 aromatic heterocycles. The largest absolute Gasteiger partial charge is 0.325 e. The first kappa shape index (κ1) is 20.2. The van der Waals surface area contributed by atoms with Crippen LogP contribution in [-0.2, 0) is 14.8 Å². The van der Waals surface area contributed by atoms with E-state index in [2.05, 4.69) is 24.1 Å². The van der Waals surface area contributed by atoms with Crippen LogP contribution in [0.25, 0.3) is 0 Å². The minimum absolute atomic E-state index is 0.0162. The molecule has 1 heterocycles. The molecule has 0 radical (unpaired) electrons. The van der Waals surface area contributed by atoms with Gasteiger partial charge in [-0.15, -0.1) is 0 Å². The molecule has 8 heteroatoms. The van der Waals surface area contributed by atoms with Gasteiger partial charge in [0, 0.05) is 25.8 Å². The van der Waals surface area contributed by atoms with Crippen molar-refractivity contribution in [3.8, 4) is 0 Å². The lowest BCUT2D eigenvalue weighted by molar-refractivity contribution is -0.117. The van der Waals surface area contributed by atoms with Crippen LogP contribution in [0.4, 0.5) is 5.69 Å². The Labute approximate surface area is 155 Å². The van der Waals surface area contributed by atoms with Gasteiger partial charge in [0.2, 0.25) is 15.9 Å². The van der Waals surface area contributed by atoms with Crippen LogP contribution in [0.1, 0.15) is 26.7 Å². The number of amides is 1. The summed E-state index contributed by atoms with van der Waals surface area (Å²) < 4.78 is 25.7. The van der Waals surface area contributed by atoms with E-state index in [1.54, 1.807) is 6.07 Å². The summed E-state index contributed by atoms with van der Waals surface area (Å²) in [6.07, 6.45) is 2.22. The molecule has 6 nitrogen and oxygen atoms in total. The lowest BCUT2D eigenvalue weighted by Crippen LogP contribution is -2.37. The number of likely N-dealkylation sites (tertiary alicyclic amines) is 1. The van der Waals surface area contributed by atoms with Crippen molar-refractivity contribution in [2.45, 2.75) is 37.6 Å². The molecule has 1 saturated heterocycles. The summed E-state index contributed by atoms with van der Waals surface area (Å²) in [5, 5.41) is 2.91. The zero-order chi connectivity index (χ0) is 18.8. The minimum atomic E-state index is -3.67. The highest BCUT2D eigenvalue weighted by atomic mass is 35.5. The van der Waals surface area contributed by atoms with Gasteiger partial charge in [-0.1, -0.05) is 24.9 Å². The van der Waals surface area contributed by atoms with Gasteiger partial charge in [0.25, 0.3) is 0 Å². The van der Waals surface area contributed by atoms with Crippen LogP contribution >= 0.6 is 11.6 Å². The first-order chi connectivity index (χ1) is 11.7. The van der Waals surface area contributed by atoms with E-state index in [0.29, 0.717) is 24.2 Å². The highest BCUT2D eigenvalue weighted by Crippen LogP contribution is 2.28. The molecule has 0 bridgehead atoms. The van der Waals surface area contributed by atoms with Crippen molar-refractivity contribution >= 4 is 33.2 Å². The standard InChI is InChI=1S/C17H26ClN3O3S/c1-5-13-8-9-21(12(13)2)11-17(22)19-14-6-7-15(18)16(10-14)25(23,24)20(3)4/h6-7,10,12-13H,5,8-9,11H2,1-4H3,(H,19,22)/t12-,13+/m0/s1. The molecule has 2 rings (SSSR count). The van der Waals surface area contributed by atoms with Gasteiger partial charge >= 0.3 is 0 Å². The Bertz CT molecular complexity index is 737. The Hall–Kier alpha value is -1.15. The second kappa shape index (κ2) is 8.03. The van der Waals surface area contributed by atoms with E-state index >= 15 is 0 Å². The molecule has 1 aliphatic heterocycles. The molecule has 1 amide bonds. The molecule has 1 aromatic carbocycles. The summed E-state index contributed by atoms with van der Waals surface area (Å²) in [4.78, 5) is 14.5. The van der Waals surface area contributed by atoms with Crippen molar-refractivity contribution in [3.05, 3.63) is 23.2 Å². The van der Waals surface area contributed by atoms with Gasteiger partial charge in [0.1, 0.15) is 4.90 Å². The highest BCUT2D eigenvalue weighted by Gasteiger charge is 2.30. The van der Waals surface area contributed by atoms with Crippen molar-refractivity contribution < 1.29 is 13.2 Å². The van der Waals surface area contributed by atoms with E-state index in [1.165, 1.54) is 26.2 Å². The van der Waals surface area contributed by atoms with Crippen LogP contribution in [0, 0.1) is 5.92 Å². The number of sulfonamides is 1. The van der Waals surface area contributed by atoms with Crippen molar-refractivity contribution in [1.82, 2.24) is 9.21 Å². The topological polar surface area (TPSA) is 69.7 Å². The van der Waals surface area contributed by atoms with E-state index in [1.807, 2.05) is 0 Å². The molecule has 2 atom stereocenters. The smallest absolute Gasteiger partial charge is 0.244 e. The van der Waals surface area contributed by atoms with Crippen LogP contribution in [0.3, 0.4) is 0 Å². The third-order valence-corrected chi connectivity index (χ3v) is 7.19. The second-order valence-electron chi connectivity index (χ2n) is 6.65. The number of carbonyl (C=O) groups excluding carboxylic acids is 1. The maximum absolute atomic E-state index is 12.3. The zero-order valence-corrected chi connectivity index (χ0v) is 16.7. The minimum Gasteiger partial charge on any atom is -0.325 e. The van der Waals surface area contributed by atoms with E-state index in [4.69, 9.17) is 11.6 Å². The quantitative estimate of drug-likeness (QED) is 0.814. The summed E-state index contributed by atoms with van der Waals surface area (Å²) in [5.74, 6) is 0.472. The summed E-state index contributed by atoms with van der Waals surface area (Å²) in [6.45, 7) is 5.54. The van der Waals surface area contributed by atoms with E-state index < -0.39 is 10.0 Å². The third-order valence-electron chi connectivity index (χ3n) is 4.89. The molecule has 1 aliphatic rings. The summed E-state index contributed by atoms with van der Waals surface area (Å²) in [6, 6.07) is 4.87. The molecule has 1 aromatic rings. The van der Waals surface area contributed by atoms with Crippen LogP contribution < -0.4 is 5.32 Å². The van der Waals surface area contributed by atoms with E-state index in [9.17, 15) is 13.2 Å². The number of nitrogens with one attached hydrogen (secondary N) is 1. The predicted molar refractivity (Wildman–Crippen MR) is 100 cm³/mol. The summed E-state index contributed by atoms with van der Waals surface area (Å²) in [5.41, 5.74) is 0.425. The van der Waals surface area contributed by atoms with Gasteiger partial charge in [0.05, 0.1) is 11.6 Å². The fourth-order valence-electron chi connectivity index (χ4n) is 3.20. The van der Waals surface area contributed by atoms with Crippen LogP contribution in [-0.4, -0.2) is 56.8 Å². The van der Waals surface area contributed by atoms with Crippen molar-refractivity contribution in [1.29, 1.82) is 0 Å². The molecule has 0 aliphatic carbocycles. The molecule has 0 saturated carbocycles. The second-order valence-corrected chi connectivity index (χ2v) is 9.18. The van der Waals surface area contributed by atoms with E-state index in [-0.39, 0.29) is 15.8 Å². The molecule has 1 fully saturated rings. The average molecular weight is 388 g/mol. The number of carbonyl (C=O) groups is 1. The van der Waals surface area contributed by atoms with Crippen LogP contribution in [0.15, 0.2) is 23.1 Å². The van der Waals surface area contributed by atoms with Gasteiger partial charge in [-0.25, -0.2) is 12.7 Å². The average Bonchev–Trinajstić information content (AvgIpc) is 2.89. The summed E-state index contributed by atoms with van der Waals surface area (Å²) >= 11 is 6.02. The number of rotatable bonds is 6. The molecule has 25 heavy (non-hydrogen) atoms. The Balaban J connectivity index is 2.09. The Morgan fingerprint density at radius 2 is 2.08 bits per heavy atom. The number of hydrogen-bond donors (Lipinski definition) is 1. The van der Waals surface area contributed by atoms with Crippen LogP contribution in [0.5, 0.6) is 0 Å². The first-order valence-electron chi connectivity index (χ1n) is 8.42.